The lowest BCUT2D eigenvalue weighted by atomic mass is 9.85. The number of aryl methyl sites for hydroxylation is 1. The highest BCUT2D eigenvalue weighted by atomic mass is 79.9. The Kier molecular flexibility index (Phi) is 4.36. The molecule has 0 bridgehead atoms. The predicted molar refractivity (Wildman–Crippen MR) is 90.1 cm³/mol. The minimum atomic E-state index is -0.0721. The Morgan fingerprint density at radius 2 is 1.60 bits per heavy atom. The highest BCUT2D eigenvalue weighted by Gasteiger charge is 2.15. The average Bonchev–Trinajstić information content (AvgIpc) is 2.37. The van der Waals surface area contributed by atoms with Gasteiger partial charge in [0.25, 0.3) is 0 Å². The smallest absolute Gasteiger partial charge is 0.0554 e. The predicted octanol–water partition coefficient (Wildman–Crippen LogP) is 5.10. The van der Waals surface area contributed by atoms with Crippen molar-refractivity contribution in [3.63, 3.8) is 0 Å². The lowest BCUT2D eigenvalue weighted by molar-refractivity contribution is 0.589. The molecule has 0 radical (unpaired) electrons. The average molecular weight is 332 g/mol. The molecule has 1 nitrogen and oxygen atoms in total. The fourth-order valence-corrected chi connectivity index (χ4v) is 2.83. The Labute approximate surface area is 130 Å². The van der Waals surface area contributed by atoms with E-state index >= 15 is 0 Å². The summed E-state index contributed by atoms with van der Waals surface area (Å²) in [6.45, 7) is 8.77. The summed E-state index contributed by atoms with van der Waals surface area (Å²) in [6, 6.07) is 14.8. The molecule has 2 heteroatoms. The summed E-state index contributed by atoms with van der Waals surface area (Å²) in [5, 5.41) is 0. The molecule has 106 valence electrons. The summed E-state index contributed by atoms with van der Waals surface area (Å²) in [7, 11) is 0. The van der Waals surface area contributed by atoms with Crippen LogP contribution in [-0.4, -0.2) is 0 Å². The maximum Gasteiger partial charge on any atom is 0.0554 e. The zero-order chi connectivity index (χ0) is 14.9. The van der Waals surface area contributed by atoms with Crippen LogP contribution in [-0.2, 0) is 5.41 Å². The highest BCUT2D eigenvalue weighted by Crippen LogP contribution is 2.28. The van der Waals surface area contributed by atoms with E-state index in [-0.39, 0.29) is 11.5 Å². The van der Waals surface area contributed by atoms with E-state index < -0.39 is 0 Å². The van der Waals surface area contributed by atoms with Gasteiger partial charge in [-0.25, -0.2) is 0 Å². The minimum absolute atomic E-state index is 0.0721. The first kappa shape index (κ1) is 15.3. The quantitative estimate of drug-likeness (QED) is 0.813. The van der Waals surface area contributed by atoms with Crippen LogP contribution in [0.2, 0.25) is 0 Å². The van der Waals surface area contributed by atoms with E-state index in [2.05, 4.69) is 80.0 Å². The van der Waals surface area contributed by atoms with Gasteiger partial charge in [0.15, 0.2) is 0 Å². The van der Waals surface area contributed by atoms with E-state index in [0.29, 0.717) is 0 Å². The normalized spacial score (nSPS) is 13.3. The molecule has 1 atom stereocenters. The first-order chi connectivity index (χ1) is 9.29. The summed E-state index contributed by atoms with van der Waals surface area (Å²) in [5.74, 6) is 0. The van der Waals surface area contributed by atoms with Gasteiger partial charge in [0.1, 0.15) is 0 Å². The standard InChI is InChI=1S/C18H22BrN/c1-12-11-15(19)9-10-16(12)17(20)13-5-7-14(8-6-13)18(2,3)4/h5-11,17H,20H2,1-4H3. The van der Waals surface area contributed by atoms with Crippen molar-refractivity contribution >= 4 is 15.9 Å². The van der Waals surface area contributed by atoms with Gasteiger partial charge in [0.2, 0.25) is 0 Å². The monoisotopic (exact) mass is 331 g/mol. The summed E-state index contributed by atoms with van der Waals surface area (Å²) in [5.41, 5.74) is 11.5. The first-order valence-corrected chi connectivity index (χ1v) is 7.70. The van der Waals surface area contributed by atoms with Crippen molar-refractivity contribution in [2.45, 2.75) is 39.2 Å². The van der Waals surface area contributed by atoms with E-state index in [1.807, 2.05) is 6.07 Å². The summed E-state index contributed by atoms with van der Waals surface area (Å²) >= 11 is 3.49. The third-order valence-corrected chi connectivity index (χ3v) is 4.20. The van der Waals surface area contributed by atoms with Gasteiger partial charge in [0.05, 0.1) is 6.04 Å². The largest absolute Gasteiger partial charge is 0.320 e. The number of benzene rings is 2. The van der Waals surface area contributed by atoms with Gasteiger partial charge in [0, 0.05) is 4.47 Å². The maximum absolute atomic E-state index is 6.41. The molecule has 0 fully saturated rings. The Morgan fingerprint density at radius 1 is 1.00 bits per heavy atom. The molecule has 0 amide bonds. The van der Waals surface area contributed by atoms with Crippen molar-refractivity contribution in [1.29, 1.82) is 0 Å². The van der Waals surface area contributed by atoms with Crippen LogP contribution in [0.4, 0.5) is 0 Å². The van der Waals surface area contributed by atoms with Crippen LogP contribution in [0.25, 0.3) is 0 Å². The van der Waals surface area contributed by atoms with Crippen LogP contribution < -0.4 is 5.73 Å². The Balaban J connectivity index is 2.31. The number of hydrogen-bond donors (Lipinski definition) is 1. The van der Waals surface area contributed by atoms with Crippen molar-refractivity contribution in [2.75, 3.05) is 0 Å². The lowest BCUT2D eigenvalue weighted by Crippen LogP contribution is -2.15. The van der Waals surface area contributed by atoms with Crippen molar-refractivity contribution in [3.8, 4) is 0 Å². The molecular formula is C18H22BrN. The molecular weight excluding hydrogens is 310 g/mol. The molecule has 0 heterocycles. The Hall–Kier alpha value is -1.12. The number of halogens is 1. The number of hydrogen-bond acceptors (Lipinski definition) is 1. The number of rotatable bonds is 2. The second-order valence-corrected chi connectivity index (χ2v) is 7.27. The van der Waals surface area contributed by atoms with E-state index in [9.17, 15) is 0 Å². The van der Waals surface area contributed by atoms with Gasteiger partial charge in [-0.1, -0.05) is 67.0 Å². The summed E-state index contributed by atoms with van der Waals surface area (Å²) < 4.78 is 1.09. The zero-order valence-corrected chi connectivity index (χ0v) is 14.2. The molecule has 2 N–H and O–H groups in total. The topological polar surface area (TPSA) is 26.0 Å². The van der Waals surface area contributed by atoms with Crippen molar-refractivity contribution in [3.05, 3.63) is 69.2 Å². The second kappa shape index (κ2) is 5.71. The van der Waals surface area contributed by atoms with Crippen LogP contribution in [0, 0.1) is 6.92 Å². The van der Waals surface area contributed by atoms with Gasteiger partial charge in [-0.2, -0.15) is 0 Å². The third-order valence-electron chi connectivity index (χ3n) is 3.70. The van der Waals surface area contributed by atoms with Gasteiger partial charge in [-0.3, -0.25) is 0 Å². The molecule has 0 aliphatic carbocycles. The molecule has 0 aliphatic rings. The van der Waals surface area contributed by atoms with E-state index in [0.717, 1.165) is 10.0 Å². The molecule has 0 saturated heterocycles. The number of nitrogens with two attached hydrogens (primary N) is 1. The Bertz CT molecular complexity index is 594. The second-order valence-electron chi connectivity index (χ2n) is 6.35. The van der Waals surface area contributed by atoms with Crippen molar-refractivity contribution in [1.82, 2.24) is 0 Å². The van der Waals surface area contributed by atoms with E-state index in [1.165, 1.54) is 16.7 Å². The van der Waals surface area contributed by atoms with Crippen LogP contribution in [0.15, 0.2) is 46.9 Å². The van der Waals surface area contributed by atoms with Crippen molar-refractivity contribution < 1.29 is 0 Å². The molecule has 0 saturated carbocycles. The summed E-state index contributed by atoms with van der Waals surface area (Å²) in [4.78, 5) is 0. The molecule has 0 spiro atoms. The van der Waals surface area contributed by atoms with Gasteiger partial charge in [-0.05, 0) is 46.7 Å². The Morgan fingerprint density at radius 3 is 2.10 bits per heavy atom. The molecule has 0 aliphatic heterocycles. The van der Waals surface area contributed by atoms with Crippen LogP contribution >= 0.6 is 15.9 Å². The van der Waals surface area contributed by atoms with Crippen LogP contribution in [0.5, 0.6) is 0 Å². The molecule has 1 unspecified atom stereocenters. The van der Waals surface area contributed by atoms with Crippen LogP contribution in [0.1, 0.15) is 49.1 Å². The molecule has 2 aromatic carbocycles. The van der Waals surface area contributed by atoms with Gasteiger partial charge < -0.3 is 5.73 Å². The molecule has 20 heavy (non-hydrogen) atoms. The molecule has 2 rings (SSSR count). The summed E-state index contributed by atoms with van der Waals surface area (Å²) in [6.07, 6.45) is 0. The lowest BCUT2D eigenvalue weighted by Gasteiger charge is -2.21. The van der Waals surface area contributed by atoms with Gasteiger partial charge in [-0.15, -0.1) is 0 Å². The van der Waals surface area contributed by atoms with Crippen molar-refractivity contribution in [2.24, 2.45) is 5.73 Å². The SMILES string of the molecule is Cc1cc(Br)ccc1C(N)c1ccc(C(C)(C)C)cc1. The first-order valence-electron chi connectivity index (χ1n) is 6.91. The minimum Gasteiger partial charge on any atom is -0.320 e. The molecule has 0 aromatic heterocycles. The van der Waals surface area contributed by atoms with E-state index in [4.69, 9.17) is 5.73 Å². The zero-order valence-electron chi connectivity index (χ0n) is 12.6. The maximum atomic E-state index is 6.41. The third kappa shape index (κ3) is 3.31. The van der Waals surface area contributed by atoms with Crippen LogP contribution in [0.3, 0.4) is 0 Å². The molecule has 2 aromatic rings. The van der Waals surface area contributed by atoms with Gasteiger partial charge >= 0.3 is 0 Å². The van der Waals surface area contributed by atoms with E-state index in [1.54, 1.807) is 0 Å². The fraction of sp³-hybridized carbons (Fsp3) is 0.333. The fourth-order valence-electron chi connectivity index (χ4n) is 2.36. The highest BCUT2D eigenvalue weighted by molar-refractivity contribution is 9.10.